The molecule has 0 aromatic rings. The van der Waals surface area contributed by atoms with E-state index in [0.717, 1.165) is 44.9 Å². The molecule has 1 aliphatic rings. The predicted octanol–water partition coefficient (Wildman–Crippen LogP) is 1.25. The summed E-state index contributed by atoms with van der Waals surface area (Å²) in [7, 11) is 0. The Labute approximate surface area is 336 Å². The molecule has 1 heterocycles. The van der Waals surface area contributed by atoms with Crippen molar-refractivity contribution in [2.24, 2.45) is 5.92 Å². The van der Waals surface area contributed by atoms with E-state index in [-0.39, 0.29) is 109 Å². The molecule has 0 aliphatic carbocycles. The topological polar surface area (TPSA) is 243 Å². The van der Waals surface area contributed by atoms with Crippen molar-refractivity contribution < 1.29 is 67.1 Å². The molecule has 1 aliphatic heterocycles. The van der Waals surface area contributed by atoms with Gasteiger partial charge in [0.2, 0.25) is 23.6 Å². The van der Waals surface area contributed by atoms with Gasteiger partial charge in [0.15, 0.2) is 0 Å². The summed E-state index contributed by atoms with van der Waals surface area (Å²) in [4.78, 5) is 84.7. The average Bonchev–Trinajstić information content (AvgIpc) is 3.18. The molecule has 5 N–H and O–H groups in total. The number of aliphatic carboxylic acids is 1. The Balaban J connectivity index is 2.22. The zero-order chi connectivity index (χ0) is 41.6. The number of rotatable bonds is 26. The van der Waals surface area contributed by atoms with Crippen LogP contribution >= 0.6 is 0 Å². The fraction of sp³-hybridized carbons (Fsp3) is 0.821. The number of carbonyl (C=O) groups is 7. The summed E-state index contributed by atoms with van der Waals surface area (Å²) >= 11 is 0. The Kier molecular flexibility index (Phi) is 33.2. The highest BCUT2D eigenvalue weighted by Gasteiger charge is 2.32. The summed E-state index contributed by atoms with van der Waals surface area (Å²) < 4.78 is 31.6. The van der Waals surface area contributed by atoms with Crippen LogP contribution in [0.1, 0.15) is 96.3 Å². The number of hydrogen-bond donors (Lipinski definition) is 5. The van der Waals surface area contributed by atoms with Crippen molar-refractivity contribution in [1.29, 1.82) is 0 Å². The van der Waals surface area contributed by atoms with Crippen molar-refractivity contribution in [3.05, 3.63) is 0 Å². The quantitative estimate of drug-likeness (QED) is 0.0469. The van der Waals surface area contributed by atoms with Gasteiger partial charge in [0, 0.05) is 32.5 Å². The Bertz CT molecular complexity index is 1130. The third-order valence-electron chi connectivity index (χ3n) is 8.84. The Morgan fingerprint density at radius 2 is 1.00 bits per heavy atom. The Morgan fingerprint density at radius 1 is 0.579 bits per heavy atom. The molecule has 4 amide bonds. The van der Waals surface area contributed by atoms with Crippen LogP contribution in [0.4, 0.5) is 0 Å². The van der Waals surface area contributed by atoms with E-state index in [0.29, 0.717) is 45.5 Å². The highest BCUT2D eigenvalue weighted by Crippen LogP contribution is 2.17. The van der Waals surface area contributed by atoms with E-state index in [1.165, 1.54) is 19.3 Å². The number of hydrogen-bond acceptors (Lipinski definition) is 13. The fourth-order valence-electron chi connectivity index (χ4n) is 5.75. The predicted molar refractivity (Wildman–Crippen MR) is 207 cm³/mol. The number of ketones is 1. The van der Waals surface area contributed by atoms with E-state index in [1.54, 1.807) is 0 Å². The molecule has 18 heteroatoms. The number of carbonyl (C=O) groups excluding carboxylic acids is 6. The molecule has 2 atom stereocenters. The summed E-state index contributed by atoms with van der Waals surface area (Å²) in [6.45, 7) is 2.31. The largest absolute Gasteiger partial charge is 0.480 e. The average molecular weight is 817 g/mol. The van der Waals surface area contributed by atoms with Crippen LogP contribution in [0, 0.1) is 5.92 Å². The molecular formula is C39H68N4O14. The number of ether oxygens (including phenoxy) is 6. The molecule has 0 saturated carbocycles. The van der Waals surface area contributed by atoms with E-state index >= 15 is 0 Å². The second-order valence-corrected chi connectivity index (χ2v) is 13.6. The van der Waals surface area contributed by atoms with Crippen molar-refractivity contribution in [2.75, 3.05) is 98.9 Å². The van der Waals surface area contributed by atoms with Crippen molar-refractivity contribution in [3.63, 3.8) is 0 Å². The molecule has 1 fully saturated rings. The smallest absolute Gasteiger partial charge is 0.326 e. The van der Waals surface area contributed by atoms with E-state index in [1.807, 2.05) is 0 Å². The summed E-state index contributed by atoms with van der Waals surface area (Å²) in [5.41, 5.74) is 0. The van der Waals surface area contributed by atoms with Gasteiger partial charge in [-0.2, -0.15) is 0 Å². The number of Topliss-reactive ketones (excluding diaryl/α,β-unsaturated/α-hetero) is 1. The monoisotopic (exact) mass is 816 g/mol. The molecule has 1 unspecified atom stereocenters. The lowest BCUT2D eigenvalue weighted by molar-refractivity contribution is -0.143. The van der Waals surface area contributed by atoms with E-state index in [2.05, 4.69) is 21.3 Å². The van der Waals surface area contributed by atoms with E-state index < -0.39 is 29.7 Å². The van der Waals surface area contributed by atoms with Gasteiger partial charge in [-0.3, -0.25) is 24.0 Å². The van der Waals surface area contributed by atoms with Crippen LogP contribution in [0.3, 0.4) is 0 Å². The summed E-state index contributed by atoms with van der Waals surface area (Å²) in [6, 6.07) is -1.36. The molecule has 0 radical (unpaired) electrons. The first-order valence-electron chi connectivity index (χ1n) is 20.5. The molecule has 328 valence electrons. The summed E-state index contributed by atoms with van der Waals surface area (Å²) in [5.74, 6) is -4.50. The first-order chi connectivity index (χ1) is 27.7. The molecule has 18 nitrogen and oxygen atoms in total. The molecular weight excluding hydrogens is 748 g/mol. The lowest BCUT2D eigenvalue weighted by atomic mass is 9.91. The highest BCUT2D eigenvalue weighted by atomic mass is 16.5. The van der Waals surface area contributed by atoms with Gasteiger partial charge in [0.25, 0.3) is 0 Å². The number of aldehydes is 1. The molecule has 0 spiro atoms. The molecule has 0 aromatic carbocycles. The zero-order valence-electron chi connectivity index (χ0n) is 33.7. The number of carboxylic acid groups (broad SMARTS) is 1. The maximum absolute atomic E-state index is 13.2. The van der Waals surface area contributed by atoms with Gasteiger partial charge >= 0.3 is 5.97 Å². The Morgan fingerprint density at radius 3 is 1.47 bits per heavy atom. The van der Waals surface area contributed by atoms with Gasteiger partial charge in [-0.1, -0.05) is 64.2 Å². The fourth-order valence-corrected chi connectivity index (χ4v) is 5.75. The first-order valence-corrected chi connectivity index (χ1v) is 20.5. The third kappa shape index (κ3) is 31.2. The summed E-state index contributed by atoms with van der Waals surface area (Å²) in [5, 5.41) is 20.3. The van der Waals surface area contributed by atoms with E-state index in [4.69, 9.17) is 28.4 Å². The van der Waals surface area contributed by atoms with Crippen LogP contribution in [-0.4, -0.2) is 152 Å². The van der Waals surface area contributed by atoms with Crippen LogP contribution in [0.15, 0.2) is 0 Å². The van der Waals surface area contributed by atoms with Gasteiger partial charge in [-0.05, 0) is 19.3 Å². The van der Waals surface area contributed by atoms with Gasteiger partial charge in [-0.25, -0.2) is 4.79 Å². The Hall–Kier alpha value is -3.55. The van der Waals surface area contributed by atoms with Crippen LogP contribution in [0.5, 0.6) is 0 Å². The highest BCUT2D eigenvalue weighted by molar-refractivity contribution is 6.02. The molecule has 0 aromatic heterocycles. The van der Waals surface area contributed by atoms with Crippen molar-refractivity contribution >= 4 is 41.7 Å². The van der Waals surface area contributed by atoms with Crippen molar-refractivity contribution in [2.45, 2.75) is 102 Å². The summed E-state index contributed by atoms with van der Waals surface area (Å²) in [6.07, 6.45) is 12.7. The molecule has 1 rings (SSSR count). The van der Waals surface area contributed by atoms with Crippen LogP contribution < -0.4 is 21.3 Å². The maximum atomic E-state index is 13.2. The number of carboxylic acids is 1. The first kappa shape index (κ1) is 51.5. The second-order valence-electron chi connectivity index (χ2n) is 13.6. The van der Waals surface area contributed by atoms with Gasteiger partial charge in [-0.15, -0.1) is 0 Å². The SMILES string of the molecule is O=CCOCCOCCNC(=O)COCCOCCNC(=O)COCCOCCNC(=O)C1C[C@@H](C(=O)O)NC(=O)CCCCCCCCCCCCCCC1=O. The lowest BCUT2D eigenvalue weighted by Gasteiger charge is -2.21. The van der Waals surface area contributed by atoms with Gasteiger partial charge < -0.3 is 59.6 Å². The number of amides is 4. The number of nitrogens with one attached hydrogen (secondary N) is 4. The maximum Gasteiger partial charge on any atom is 0.326 e. The standard InChI is InChI=1S/C39H68N4O14/c44-18-22-55-24-23-52-19-15-40-36(47)30-56-27-25-53-20-16-41-37(48)31-57-28-26-54-21-17-42-38(49)32-29-33(39(50)51)43-35(46)14-12-10-8-6-4-2-1-3-5-7-9-11-13-34(32)45/h18,32-33H,1-17,19-31H2,(H,40,47)(H,41,48)(H,42,49)(H,43,46)(H,50,51)/t32?,33-/m0/s1. The van der Waals surface area contributed by atoms with Crippen LogP contribution in [0.2, 0.25) is 0 Å². The molecule has 0 bridgehead atoms. The van der Waals surface area contributed by atoms with Crippen molar-refractivity contribution in [3.8, 4) is 0 Å². The lowest BCUT2D eigenvalue weighted by Crippen LogP contribution is -2.46. The van der Waals surface area contributed by atoms with Gasteiger partial charge in [0.1, 0.15) is 37.9 Å². The van der Waals surface area contributed by atoms with Crippen LogP contribution in [0.25, 0.3) is 0 Å². The second kappa shape index (κ2) is 36.8. The minimum atomic E-state index is -1.36. The third-order valence-corrected chi connectivity index (χ3v) is 8.84. The van der Waals surface area contributed by atoms with E-state index in [9.17, 15) is 38.7 Å². The zero-order valence-corrected chi connectivity index (χ0v) is 33.7. The minimum Gasteiger partial charge on any atom is -0.480 e. The normalized spacial score (nSPS) is 18.2. The van der Waals surface area contributed by atoms with Crippen molar-refractivity contribution in [1.82, 2.24) is 21.3 Å². The van der Waals surface area contributed by atoms with Crippen LogP contribution in [-0.2, 0) is 62.0 Å². The minimum absolute atomic E-state index is 0.0257. The van der Waals surface area contributed by atoms with Gasteiger partial charge in [0.05, 0.1) is 65.4 Å². The molecule has 1 saturated heterocycles. The molecule has 57 heavy (non-hydrogen) atoms.